The predicted molar refractivity (Wildman–Crippen MR) is 98.7 cm³/mol. The molecule has 3 rings (SSSR count). The van der Waals surface area contributed by atoms with Gasteiger partial charge in [0.15, 0.2) is 0 Å². The molecule has 8 nitrogen and oxygen atoms in total. The first-order valence-electron chi connectivity index (χ1n) is 7.85. The van der Waals surface area contributed by atoms with Gasteiger partial charge in [-0.3, -0.25) is 4.98 Å². The number of hydrogen-bond acceptors (Lipinski definition) is 8. The van der Waals surface area contributed by atoms with Crippen LogP contribution in [0.3, 0.4) is 0 Å². The molecule has 0 saturated carbocycles. The number of methoxy groups -OCH3 is 2. The second kappa shape index (κ2) is 10.2. The van der Waals surface area contributed by atoms with Crippen LogP contribution in [0.5, 0.6) is 0 Å². The summed E-state index contributed by atoms with van der Waals surface area (Å²) < 4.78 is 9.13. The summed E-state index contributed by atoms with van der Waals surface area (Å²) in [4.78, 5) is 34.2. The van der Waals surface area contributed by atoms with Crippen molar-refractivity contribution >= 4 is 23.6 Å². The van der Waals surface area contributed by atoms with Gasteiger partial charge >= 0.3 is 11.9 Å². The maximum absolute atomic E-state index is 11.5. The van der Waals surface area contributed by atoms with Crippen LogP contribution in [0.15, 0.2) is 67.3 Å². The lowest BCUT2D eigenvalue weighted by Gasteiger charge is -2.08. The number of esters is 2. The van der Waals surface area contributed by atoms with E-state index in [1.165, 1.54) is 20.4 Å². The maximum atomic E-state index is 11.5. The first kappa shape index (κ1) is 19.5. The van der Waals surface area contributed by atoms with E-state index in [1.54, 1.807) is 48.9 Å². The van der Waals surface area contributed by atoms with Gasteiger partial charge in [0.2, 0.25) is 0 Å². The van der Waals surface area contributed by atoms with E-state index in [-0.39, 0.29) is 5.97 Å². The van der Waals surface area contributed by atoms with Gasteiger partial charge < -0.3 is 14.8 Å². The van der Waals surface area contributed by atoms with Gasteiger partial charge in [0, 0.05) is 24.8 Å². The van der Waals surface area contributed by atoms with E-state index in [1.807, 2.05) is 12.1 Å². The van der Waals surface area contributed by atoms with Crippen LogP contribution in [-0.2, 0) is 9.47 Å². The summed E-state index contributed by atoms with van der Waals surface area (Å²) in [5.74, 6) is 0.263. The van der Waals surface area contributed by atoms with Crippen LogP contribution in [-0.4, -0.2) is 41.1 Å². The molecule has 27 heavy (non-hydrogen) atoms. The topological polar surface area (TPSA) is 103 Å². The Morgan fingerprint density at radius 3 is 2.22 bits per heavy atom. The van der Waals surface area contributed by atoms with Crippen LogP contribution in [0.25, 0.3) is 0 Å². The van der Waals surface area contributed by atoms with Crippen molar-refractivity contribution in [3.05, 3.63) is 78.4 Å². The molecular weight excluding hydrogens is 348 g/mol. The maximum Gasteiger partial charge on any atom is 0.341 e. The quantitative estimate of drug-likeness (QED) is 0.703. The fourth-order valence-corrected chi connectivity index (χ4v) is 1.94. The van der Waals surface area contributed by atoms with Gasteiger partial charge in [-0.05, 0) is 36.4 Å². The number of carbonyl (C=O) groups excluding carboxylic acids is 2. The standard InChI is InChI=1S/C12H11N3O2.C7H7NO2/c1-17-12(16)9-5-4-8-14-11(9)15-10-6-2-3-7-13-10;1-10-7(9)6-3-2-4-8-5-6/h2-8H,1H3,(H,13,14,15);2-5H,1H3. The zero-order valence-electron chi connectivity index (χ0n) is 14.8. The van der Waals surface area contributed by atoms with Crippen LogP contribution in [0.1, 0.15) is 20.7 Å². The molecule has 3 heterocycles. The van der Waals surface area contributed by atoms with Crippen molar-refractivity contribution in [1.82, 2.24) is 15.0 Å². The van der Waals surface area contributed by atoms with E-state index in [9.17, 15) is 9.59 Å². The predicted octanol–water partition coefficient (Wildman–Crippen LogP) is 2.88. The largest absolute Gasteiger partial charge is 0.465 e. The molecule has 0 fully saturated rings. The fourth-order valence-electron chi connectivity index (χ4n) is 1.94. The minimum absolute atomic E-state index is 0.354. The molecule has 0 atom stereocenters. The number of pyridine rings is 3. The first-order valence-corrected chi connectivity index (χ1v) is 7.85. The van der Waals surface area contributed by atoms with E-state index < -0.39 is 5.97 Å². The monoisotopic (exact) mass is 366 g/mol. The minimum Gasteiger partial charge on any atom is -0.465 e. The lowest BCUT2D eigenvalue weighted by atomic mass is 10.2. The van der Waals surface area contributed by atoms with Crippen molar-refractivity contribution in [3.8, 4) is 0 Å². The minimum atomic E-state index is -0.434. The number of carbonyl (C=O) groups is 2. The van der Waals surface area contributed by atoms with Crippen LogP contribution in [0.4, 0.5) is 11.6 Å². The molecule has 0 bridgehead atoms. The summed E-state index contributed by atoms with van der Waals surface area (Å²) >= 11 is 0. The first-order chi connectivity index (χ1) is 13.2. The highest BCUT2D eigenvalue weighted by atomic mass is 16.5. The van der Waals surface area contributed by atoms with Crippen molar-refractivity contribution in [3.63, 3.8) is 0 Å². The Morgan fingerprint density at radius 1 is 0.852 bits per heavy atom. The number of hydrogen-bond donors (Lipinski definition) is 1. The average Bonchev–Trinajstić information content (AvgIpc) is 2.75. The summed E-state index contributed by atoms with van der Waals surface area (Å²) in [6, 6.07) is 12.1. The van der Waals surface area contributed by atoms with Gasteiger partial charge in [-0.1, -0.05) is 6.07 Å². The van der Waals surface area contributed by atoms with Gasteiger partial charge in [-0.15, -0.1) is 0 Å². The van der Waals surface area contributed by atoms with Crippen LogP contribution >= 0.6 is 0 Å². The second-order valence-electron chi connectivity index (χ2n) is 4.96. The number of ether oxygens (including phenoxy) is 2. The van der Waals surface area contributed by atoms with Gasteiger partial charge in [-0.25, -0.2) is 19.6 Å². The number of aromatic nitrogens is 3. The summed E-state index contributed by atoms with van der Waals surface area (Å²) in [7, 11) is 2.68. The van der Waals surface area contributed by atoms with Crippen LogP contribution in [0.2, 0.25) is 0 Å². The molecule has 8 heteroatoms. The summed E-state index contributed by atoms with van der Waals surface area (Å²) in [5, 5.41) is 2.96. The Kier molecular flexibility index (Phi) is 7.40. The molecule has 0 aliphatic heterocycles. The van der Waals surface area contributed by atoms with Crippen molar-refractivity contribution in [2.24, 2.45) is 0 Å². The molecule has 0 saturated heterocycles. The average molecular weight is 366 g/mol. The molecule has 138 valence electrons. The Hall–Kier alpha value is -3.81. The van der Waals surface area contributed by atoms with Crippen molar-refractivity contribution in [2.75, 3.05) is 19.5 Å². The number of anilines is 2. The van der Waals surface area contributed by atoms with Crippen molar-refractivity contribution in [2.45, 2.75) is 0 Å². The van der Waals surface area contributed by atoms with Crippen LogP contribution in [0, 0.1) is 0 Å². The second-order valence-corrected chi connectivity index (χ2v) is 4.96. The van der Waals surface area contributed by atoms with E-state index >= 15 is 0 Å². The van der Waals surface area contributed by atoms with Crippen molar-refractivity contribution in [1.29, 1.82) is 0 Å². The molecule has 0 aliphatic carbocycles. The lowest BCUT2D eigenvalue weighted by molar-refractivity contribution is 0.0592. The molecule has 0 aliphatic rings. The highest BCUT2D eigenvalue weighted by Crippen LogP contribution is 2.16. The lowest BCUT2D eigenvalue weighted by Crippen LogP contribution is -2.07. The summed E-state index contributed by atoms with van der Waals surface area (Å²) in [6.45, 7) is 0. The third-order valence-corrected chi connectivity index (χ3v) is 3.21. The molecule has 0 unspecified atom stereocenters. The molecule has 0 amide bonds. The third-order valence-electron chi connectivity index (χ3n) is 3.21. The zero-order valence-corrected chi connectivity index (χ0v) is 14.8. The van der Waals surface area contributed by atoms with E-state index in [2.05, 4.69) is 29.7 Å². The van der Waals surface area contributed by atoms with Gasteiger partial charge in [0.1, 0.15) is 17.2 Å². The highest BCUT2D eigenvalue weighted by Gasteiger charge is 2.12. The van der Waals surface area contributed by atoms with E-state index in [4.69, 9.17) is 0 Å². The molecule has 3 aromatic heterocycles. The van der Waals surface area contributed by atoms with E-state index in [0.717, 1.165) is 0 Å². The number of nitrogens with zero attached hydrogens (tertiary/aromatic N) is 3. The summed E-state index contributed by atoms with van der Waals surface area (Å²) in [5.41, 5.74) is 0.852. The van der Waals surface area contributed by atoms with Crippen molar-refractivity contribution < 1.29 is 19.1 Å². The Bertz CT molecular complexity index is 873. The van der Waals surface area contributed by atoms with Gasteiger partial charge in [-0.2, -0.15) is 0 Å². The molecular formula is C19H18N4O4. The number of rotatable bonds is 4. The molecule has 0 spiro atoms. The third kappa shape index (κ3) is 5.89. The number of nitrogens with one attached hydrogen (secondary N) is 1. The van der Waals surface area contributed by atoms with Crippen LogP contribution < -0.4 is 5.32 Å². The van der Waals surface area contributed by atoms with Gasteiger partial charge in [0.05, 0.1) is 19.8 Å². The zero-order chi connectivity index (χ0) is 19.5. The Balaban J connectivity index is 0.000000223. The molecule has 0 radical (unpaired) electrons. The normalized spacial score (nSPS) is 9.41. The Labute approximate surface area is 156 Å². The molecule has 0 aromatic carbocycles. The molecule has 1 N–H and O–H groups in total. The van der Waals surface area contributed by atoms with Gasteiger partial charge in [0.25, 0.3) is 0 Å². The fraction of sp³-hybridized carbons (Fsp3) is 0.105. The summed E-state index contributed by atoms with van der Waals surface area (Å²) in [6.07, 6.45) is 6.32. The Morgan fingerprint density at radius 2 is 1.59 bits per heavy atom. The SMILES string of the molecule is COC(=O)c1cccnc1.COC(=O)c1cccnc1Nc1ccccn1. The molecule has 3 aromatic rings. The highest BCUT2D eigenvalue weighted by molar-refractivity contribution is 5.95. The smallest absolute Gasteiger partial charge is 0.341 e. The van der Waals surface area contributed by atoms with E-state index in [0.29, 0.717) is 22.8 Å².